The van der Waals surface area contributed by atoms with Crippen molar-refractivity contribution in [2.24, 2.45) is 0 Å². The predicted molar refractivity (Wildman–Crippen MR) is 12.2 cm³/mol. The Balaban J connectivity index is 0. The molecule has 0 aliphatic rings. The Hall–Kier alpha value is 1.68. The molecule has 33 valence electrons. The maximum absolute atomic E-state index is 9.24. The summed E-state index contributed by atoms with van der Waals surface area (Å²) in [6, 6.07) is 0. The molecule has 0 aliphatic heterocycles. The molecule has 6 heavy (non-hydrogen) atoms. The number of rotatable bonds is 1. The first-order valence-corrected chi connectivity index (χ1v) is 2.97. The Labute approximate surface area is 67.7 Å². The molecule has 1 atom stereocenters. The fourth-order valence-corrected chi connectivity index (χ4v) is 0. The van der Waals surface area contributed by atoms with Crippen molar-refractivity contribution >= 4 is 9.47 Å². The molecule has 0 N–H and O–H groups in total. The molecule has 0 saturated heterocycles. The molecule has 0 aromatic carbocycles. The SMILES string of the molecule is [O]=[V](=[O])[O]P.[Y]. The van der Waals surface area contributed by atoms with Gasteiger partial charge in [-0.25, -0.2) is 0 Å². The topological polar surface area (TPSA) is 43.4 Å². The molecule has 1 unspecified atom stereocenters. The van der Waals surface area contributed by atoms with Crippen molar-refractivity contribution in [1.82, 2.24) is 0 Å². The molecule has 0 amide bonds. The Kier molecular flexibility index (Phi) is 11.8. The smallest absolute Gasteiger partial charge is 0 e. The second-order valence-electron chi connectivity index (χ2n) is 0.329. The third kappa shape index (κ3) is 9.19. The fourth-order valence-electron chi connectivity index (χ4n) is 0. The molecule has 0 bridgehead atoms. The molecule has 6 heteroatoms. The normalized spacial score (nSPS) is 6.17. The van der Waals surface area contributed by atoms with Crippen LogP contribution in [-0.4, -0.2) is 0 Å². The molecule has 0 aromatic rings. The first-order chi connectivity index (χ1) is 2.27. The largest absolute Gasteiger partial charge is 0 e. The van der Waals surface area contributed by atoms with E-state index in [2.05, 4.69) is 3.45 Å². The average molecular weight is 221 g/mol. The van der Waals surface area contributed by atoms with Crippen molar-refractivity contribution < 1.29 is 58.9 Å². The average Bonchev–Trinajstić information content (AvgIpc) is 1.38. The van der Waals surface area contributed by atoms with Gasteiger partial charge >= 0.3 is 35.7 Å². The molecular formula is H2O3PVY. The summed E-state index contributed by atoms with van der Waals surface area (Å²) >= 11 is -3.24. The van der Waals surface area contributed by atoms with Crippen molar-refractivity contribution in [3.05, 3.63) is 0 Å². The summed E-state index contributed by atoms with van der Waals surface area (Å²) in [6.45, 7) is 0. The minimum atomic E-state index is -3.24. The van der Waals surface area contributed by atoms with Crippen molar-refractivity contribution in [2.45, 2.75) is 0 Å². The van der Waals surface area contributed by atoms with Crippen LogP contribution in [0, 0.1) is 0 Å². The third-order valence-corrected chi connectivity index (χ3v) is 1.06. The monoisotopic (exact) mass is 221 g/mol. The van der Waals surface area contributed by atoms with Gasteiger partial charge in [0.2, 0.25) is 0 Å². The predicted octanol–water partition coefficient (Wildman–Crippen LogP) is 0.0148. The van der Waals surface area contributed by atoms with Crippen LogP contribution in [0.1, 0.15) is 0 Å². The van der Waals surface area contributed by atoms with E-state index >= 15 is 0 Å². The van der Waals surface area contributed by atoms with Crippen LogP contribution in [0.25, 0.3) is 0 Å². The van der Waals surface area contributed by atoms with Crippen LogP contribution in [0.3, 0.4) is 0 Å². The molecule has 0 aromatic heterocycles. The summed E-state index contributed by atoms with van der Waals surface area (Å²) in [4.78, 5) is 0. The van der Waals surface area contributed by atoms with Crippen LogP contribution in [-0.2, 0) is 58.9 Å². The molecule has 3 nitrogen and oxygen atoms in total. The summed E-state index contributed by atoms with van der Waals surface area (Å²) in [6.07, 6.45) is 0. The Morgan fingerprint density at radius 3 is 1.67 bits per heavy atom. The second kappa shape index (κ2) is 6.68. The van der Waals surface area contributed by atoms with Gasteiger partial charge in [-0.1, -0.05) is 0 Å². The maximum atomic E-state index is 9.24. The quantitative estimate of drug-likeness (QED) is 0.586. The zero-order chi connectivity index (χ0) is 4.28. The Morgan fingerprint density at radius 1 is 1.50 bits per heavy atom. The first kappa shape index (κ1) is 10.6. The van der Waals surface area contributed by atoms with Gasteiger partial charge in [0.1, 0.15) is 0 Å². The molecular weight excluding hydrogens is 219 g/mol. The first-order valence-electron chi connectivity index (χ1n) is 0.783. The zero-order valence-electron chi connectivity index (χ0n) is 2.83. The van der Waals surface area contributed by atoms with Gasteiger partial charge in [-0.2, -0.15) is 0 Å². The van der Waals surface area contributed by atoms with Crippen LogP contribution in [0.4, 0.5) is 0 Å². The van der Waals surface area contributed by atoms with Gasteiger partial charge in [0.05, 0.1) is 0 Å². The van der Waals surface area contributed by atoms with Gasteiger partial charge in [-0.05, 0) is 0 Å². The van der Waals surface area contributed by atoms with Gasteiger partial charge in [0.15, 0.2) is 0 Å². The molecule has 1 radical (unpaired) electrons. The zero-order valence-corrected chi connectivity index (χ0v) is 8.22. The Bertz CT molecular complexity index is 68.9. The van der Waals surface area contributed by atoms with Gasteiger partial charge in [-0.3, -0.25) is 0 Å². The van der Waals surface area contributed by atoms with Crippen molar-refractivity contribution in [1.29, 1.82) is 0 Å². The molecule has 0 fully saturated rings. The summed E-state index contributed by atoms with van der Waals surface area (Å²) < 4.78 is 22.2. The van der Waals surface area contributed by atoms with Gasteiger partial charge < -0.3 is 0 Å². The summed E-state index contributed by atoms with van der Waals surface area (Å²) in [5.74, 6) is 0. The number of hydrogen-bond donors (Lipinski definition) is 0. The maximum Gasteiger partial charge on any atom is 0 e. The van der Waals surface area contributed by atoms with Crippen LogP contribution in [0.15, 0.2) is 0 Å². The van der Waals surface area contributed by atoms with E-state index in [1.165, 1.54) is 0 Å². The Morgan fingerprint density at radius 2 is 1.67 bits per heavy atom. The van der Waals surface area contributed by atoms with Crippen molar-refractivity contribution in [3.8, 4) is 0 Å². The van der Waals surface area contributed by atoms with E-state index in [1.54, 1.807) is 9.47 Å². The fraction of sp³-hybridized carbons (Fsp3) is 0. The third-order valence-electron chi connectivity index (χ3n) is 0.0861. The van der Waals surface area contributed by atoms with Crippen molar-refractivity contribution in [2.75, 3.05) is 0 Å². The summed E-state index contributed by atoms with van der Waals surface area (Å²) in [7, 11) is 1.63. The van der Waals surface area contributed by atoms with Gasteiger partial charge in [0.25, 0.3) is 0 Å². The van der Waals surface area contributed by atoms with E-state index in [9.17, 15) is 7.35 Å². The molecule has 0 aliphatic carbocycles. The molecule has 0 heterocycles. The molecule has 0 saturated carbocycles. The minimum absolute atomic E-state index is 0. The van der Waals surface area contributed by atoms with Crippen LogP contribution in [0.2, 0.25) is 0 Å². The minimum Gasteiger partial charge on any atom is 0 e. The van der Waals surface area contributed by atoms with E-state index in [-0.39, 0.29) is 32.7 Å². The van der Waals surface area contributed by atoms with Gasteiger partial charge in [-0.15, -0.1) is 0 Å². The summed E-state index contributed by atoms with van der Waals surface area (Å²) in [5, 5.41) is 0. The number of hydrogen-bond acceptors (Lipinski definition) is 3. The van der Waals surface area contributed by atoms with Crippen molar-refractivity contribution in [3.63, 3.8) is 0 Å². The van der Waals surface area contributed by atoms with Gasteiger partial charge in [0, 0.05) is 32.7 Å². The van der Waals surface area contributed by atoms with E-state index in [4.69, 9.17) is 0 Å². The van der Waals surface area contributed by atoms with Crippen LogP contribution in [0.5, 0.6) is 0 Å². The van der Waals surface area contributed by atoms with Crippen LogP contribution < -0.4 is 0 Å². The van der Waals surface area contributed by atoms with E-state index < -0.39 is 15.4 Å². The van der Waals surface area contributed by atoms with E-state index in [1.807, 2.05) is 0 Å². The van der Waals surface area contributed by atoms with E-state index in [0.29, 0.717) is 0 Å². The second-order valence-corrected chi connectivity index (χ2v) is 2.23. The summed E-state index contributed by atoms with van der Waals surface area (Å²) in [5.41, 5.74) is 0. The standard InChI is InChI=1S/H2OP.2O.V.Y/c1-2;;;;/h2H2;;;;/q-1;;;+1;. The van der Waals surface area contributed by atoms with E-state index in [0.717, 1.165) is 0 Å². The molecule has 0 spiro atoms. The van der Waals surface area contributed by atoms with Crippen LogP contribution >= 0.6 is 9.47 Å². The molecule has 0 rings (SSSR count).